The van der Waals surface area contributed by atoms with Crippen LogP contribution in [-0.4, -0.2) is 24.7 Å². The van der Waals surface area contributed by atoms with E-state index in [1.807, 2.05) is 0 Å². The van der Waals surface area contributed by atoms with E-state index < -0.39 is 21.2 Å². The number of hydrogen-bond acceptors (Lipinski definition) is 3. The molecule has 20 heavy (non-hydrogen) atoms. The second kappa shape index (κ2) is 6.01. The number of nitrogens with one attached hydrogen (secondary N) is 1. The number of carboxylic acids is 1. The molecule has 1 aromatic rings. The molecular formula is C13H16ClNO4S. The van der Waals surface area contributed by atoms with Gasteiger partial charge in [-0.25, -0.2) is 13.2 Å². The van der Waals surface area contributed by atoms with Gasteiger partial charge in [0.15, 0.2) is 0 Å². The summed E-state index contributed by atoms with van der Waals surface area (Å²) >= 11 is 5.81. The van der Waals surface area contributed by atoms with Crippen LogP contribution >= 0.6 is 11.6 Å². The van der Waals surface area contributed by atoms with E-state index in [1.165, 1.54) is 18.2 Å². The van der Waals surface area contributed by atoms with Crippen molar-refractivity contribution in [3.8, 4) is 0 Å². The molecule has 0 aromatic heterocycles. The number of rotatable bonds is 4. The number of carbonyl (C=O) groups is 1. The zero-order valence-corrected chi connectivity index (χ0v) is 12.4. The molecule has 0 atom stereocenters. The molecule has 1 aliphatic rings. The van der Waals surface area contributed by atoms with Crippen molar-refractivity contribution in [2.75, 3.05) is 4.72 Å². The molecule has 1 fully saturated rings. The number of hydrogen-bond donors (Lipinski definition) is 2. The average Bonchev–Trinajstić information content (AvgIpc) is 2.39. The van der Waals surface area contributed by atoms with Crippen LogP contribution in [-0.2, 0) is 10.0 Å². The summed E-state index contributed by atoms with van der Waals surface area (Å²) in [5.41, 5.74) is -0.0793. The van der Waals surface area contributed by atoms with Crippen molar-refractivity contribution in [1.29, 1.82) is 0 Å². The minimum atomic E-state index is -3.58. The summed E-state index contributed by atoms with van der Waals surface area (Å²) in [5, 5.41) is 8.91. The molecule has 1 aliphatic carbocycles. The lowest BCUT2D eigenvalue weighted by Crippen LogP contribution is -2.30. The first-order valence-electron chi connectivity index (χ1n) is 6.44. The maximum Gasteiger partial charge on any atom is 0.337 e. The molecule has 0 heterocycles. The molecule has 7 heteroatoms. The minimum Gasteiger partial charge on any atom is -0.478 e. The monoisotopic (exact) mass is 317 g/mol. The molecule has 1 saturated carbocycles. The van der Waals surface area contributed by atoms with Gasteiger partial charge in [-0.15, -0.1) is 0 Å². The van der Waals surface area contributed by atoms with Crippen molar-refractivity contribution in [1.82, 2.24) is 0 Å². The smallest absolute Gasteiger partial charge is 0.337 e. The van der Waals surface area contributed by atoms with E-state index in [2.05, 4.69) is 4.72 Å². The number of halogens is 1. The van der Waals surface area contributed by atoms with Gasteiger partial charge >= 0.3 is 5.97 Å². The second-order valence-electron chi connectivity index (χ2n) is 4.90. The largest absolute Gasteiger partial charge is 0.478 e. The molecule has 5 nitrogen and oxygen atoms in total. The highest BCUT2D eigenvalue weighted by Crippen LogP contribution is 2.28. The van der Waals surface area contributed by atoms with Gasteiger partial charge in [-0.1, -0.05) is 30.9 Å². The highest BCUT2D eigenvalue weighted by molar-refractivity contribution is 7.93. The maximum atomic E-state index is 12.3. The molecule has 110 valence electrons. The molecule has 1 aromatic carbocycles. The van der Waals surface area contributed by atoms with E-state index in [4.69, 9.17) is 16.7 Å². The standard InChI is InChI=1S/C13H16ClNO4S/c14-9-6-7-11(13(16)17)12(8-9)15-20(18,19)10-4-2-1-3-5-10/h6-8,10,15H,1-5H2,(H,16,17). The van der Waals surface area contributed by atoms with Gasteiger partial charge in [0, 0.05) is 5.02 Å². The van der Waals surface area contributed by atoms with Crippen LogP contribution in [0.15, 0.2) is 18.2 Å². The Morgan fingerprint density at radius 2 is 1.90 bits per heavy atom. The van der Waals surface area contributed by atoms with E-state index >= 15 is 0 Å². The fraction of sp³-hybridized carbons (Fsp3) is 0.462. The van der Waals surface area contributed by atoms with Crippen LogP contribution in [0.1, 0.15) is 42.5 Å². The Morgan fingerprint density at radius 1 is 1.25 bits per heavy atom. The van der Waals surface area contributed by atoms with Crippen LogP contribution in [0.25, 0.3) is 0 Å². The van der Waals surface area contributed by atoms with Gasteiger partial charge < -0.3 is 5.11 Å². The zero-order valence-electron chi connectivity index (χ0n) is 10.8. The summed E-state index contributed by atoms with van der Waals surface area (Å²) in [6, 6.07) is 4.04. The van der Waals surface area contributed by atoms with Gasteiger partial charge in [0.1, 0.15) is 0 Å². The third kappa shape index (κ3) is 3.43. The Labute approximate surface area is 123 Å². The molecule has 0 amide bonds. The number of sulfonamides is 1. The predicted octanol–water partition coefficient (Wildman–Crippen LogP) is 3.11. The lowest BCUT2D eigenvalue weighted by molar-refractivity contribution is 0.0698. The normalized spacial score (nSPS) is 16.9. The van der Waals surface area contributed by atoms with Crippen molar-refractivity contribution in [3.63, 3.8) is 0 Å². The summed E-state index contributed by atoms with van der Waals surface area (Å²) in [5.74, 6) is -1.19. The van der Waals surface area contributed by atoms with Crippen molar-refractivity contribution in [3.05, 3.63) is 28.8 Å². The Hall–Kier alpha value is -1.27. The molecule has 2 N–H and O–H groups in total. The average molecular weight is 318 g/mol. The van der Waals surface area contributed by atoms with Gasteiger partial charge in [0.2, 0.25) is 10.0 Å². The van der Waals surface area contributed by atoms with Crippen molar-refractivity contribution in [2.24, 2.45) is 0 Å². The molecule has 0 unspecified atom stereocenters. The van der Waals surface area contributed by atoms with Gasteiger partial charge in [0.05, 0.1) is 16.5 Å². The van der Waals surface area contributed by atoms with Crippen LogP contribution < -0.4 is 4.72 Å². The van der Waals surface area contributed by atoms with Crippen LogP contribution in [0.3, 0.4) is 0 Å². The summed E-state index contributed by atoms with van der Waals surface area (Å²) in [6.07, 6.45) is 4.03. The van der Waals surface area contributed by atoms with Gasteiger partial charge in [0.25, 0.3) is 0 Å². The first kappa shape index (κ1) is 15.1. The molecule has 0 spiro atoms. The topological polar surface area (TPSA) is 83.5 Å². The van der Waals surface area contributed by atoms with Crippen LogP contribution in [0.4, 0.5) is 5.69 Å². The summed E-state index contributed by atoms with van der Waals surface area (Å²) in [4.78, 5) is 11.1. The summed E-state index contributed by atoms with van der Waals surface area (Å²) in [6.45, 7) is 0. The fourth-order valence-electron chi connectivity index (χ4n) is 2.40. The first-order chi connectivity index (χ1) is 9.40. The number of aromatic carboxylic acids is 1. The van der Waals surface area contributed by atoms with E-state index in [9.17, 15) is 13.2 Å². The Bertz CT molecular complexity index is 609. The van der Waals surface area contributed by atoms with Crippen molar-refractivity contribution >= 4 is 33.3 Å². The molecule has 0 radical (unpaired) electrons. The molecular weight excluding hydrogens is 302 g/mol. The van der Waals surface area contributed by atoms with Crippen LogP contribution in [0.2, 0.25) is 5.02 Å². The predicted molar refractivity (Wildman–Crippen MR) is 77.8 cm³/mol. The minimum absolute atomic E-state index is 0.0237. The lowest BCUT2D eigenvalue weighted by Gasteiger charge is -2.23. The van der Waals surface area contributed by atoms with Crippen molar-refractivity contribution in [2.45, 2.75) is 37.4 Å². The van der Waals surface area contributed by atoms with Gasteiger partial charge in [-0.3, -0.25) is 4.72 Å². The number of benzene rings is 1. The van der Waals surface area contributed by atoms with E-state index in [-0.39, 0.29) is 16.3 Å². The SMILES string of the molecule is O=C(O)c1ccc(Cl)cc1NS(=O)(=O)C1CCCCC1. The second-order valence-corrected chi connectivity index (χ2v) is 7.30. The highest BCUT2D eigenvalue weighted by Gasteiger charge is 2.28. The summed E-state index contributed by atoms with van der Waals surface area (Å²) < 4.78 is 27.0. The third-order valence-electron chi connectivity index (χ3n) is 3.46. The molecule has 0 aliphatic heterocycles. The highest BCUT2D eigenvalue weighted by atomic mass is 35.5. The third-order valence-corrected chi connectivity index (χ3v) is 5.54. The van der Waals surface area contributed by atoms with Gasteiger partial charge in [-0.05, 0) is 31.0 Å². The zero-order chi connectivity index (χ0) is 14.8. The maximum absolute atomic E-state index is 12.3. The Kier molecular flexibility index (Phi) is 4.55. The van der Waals surface area contributed by atoms with E-state index in [0.29, 0.717) is 12.8 Å². The molecule has 2 rings (SSSR count). The van der Waals surface area contributed by atoms with E-state index in [0.717, 1.165) is 19.3 Å². The Balaban J connectivity index is 2.28. The number of carboxylic acid groups (broad SMARTS) is 1. The lowest BCUT2D eigenvalue weighted by atomic mass is 10.0. The number of anilines is 1. The Morgan fingerprint density at radius 3 is 2.50 bits per heavy atom. The molecule has 0 saturated heterocycles. The van der Waals surface area contributed by atoms with Crippen LogP contribution in [0.5, 0.6) is 0 Å². The van der Waals surface area contributed by atoms with Crippen molar-refractivity contribution < 1.29 is 18.3 Å². The quantitative estimate of drug-likeness (QED) is 0.893. The van der Waals surface area contributed by atoms with Gasteiger partial charge in [-0.2, -0.15) is 0 Å². The van der Waals surface area contributed by atoms with E-state index in [1.54, 1.807) is 0 Å². The summed E-state index contributed by atoms with van der Waals surface area (Å²) in [7, 11) is -3.58. The first-order valence-corrected chi connectivity index (χ1v) is 8.37. The van der Waals surface area contributed by atoms with Crippen LogP contribution in [0, 0.1) is 0 Å². The fourth-order valence-corrected chi connectivity index (χ4v) is 4.17. The molecule has 0 bridgehead atoms.